The van der Waals surface area contributed by atoms with Crippen LogP contribution < -0.4 is 0 Å². The minimum atomic E-state index is -0.908. The Kier molecular flexibility index (Phi) is 5.02. The highest BCUT2D eigenvalue weighted by atomic mass is 32.1. The van der Waals surface area contributed by atoms with Crippen molar-refractivity contribution in [2.75, 3.05) is 13.1 Å². The number of carbonyl (C=O) groups is 2. The molecule has 0 aliphatic carbocycles. The second kappa shape index (κ2) is 6.29. The first-order chi connectivity index (χ1) is 8.10. The fraction of sp³-hybridized carbons (Fsp3) is 0.600. The molecule has 1 aromatic heterocycles. The summed E-state index contributed by atoms with van der Waals surface area (Å²) in [4.78, 5) is 24.6. The van der Waals surface area contributed by atoms with Crippen molar-refractivity contribution in [3.63, 3.8) is 0 Å². The minimum absolute atomic E-state index is 0.0483. The number of carbonyl (C=O) groups excluding carboxylic acids is 1. The summed E-state index contributed by atoms with van der Waals surface area (Å²) in [6.45, 7) is 4.42. The van der Waals surface area contributed by atoms with Crippen molar-refractivity contribution in [3.05, 3.63) is 10.6 Å². The third-order valence-electron chi connectivity index (χ3n) is 2.35. The molecule has 7 heteroatoms. The fourth-order valence-corrected chi connectivity index (χ4v) is 2.10. The Morgan fingerprint density at radius 1 is 1.41 bits per heavy atom. The first-order valence-corrected chi connectivity index (χ1v) is 6.19. The molecule has 1 rings (SSSR count). The molecule has 0 saturated carbocycles. The first-order valence-electron chi connectivity index (χ1n) is 5.42. The number of carboxylic acids is 1. The van der Waals surface area contributed by atoms with E-state index in [-0.39, 0.29) is 18.9 Å². The molecule has 0 fully saturated rings. The van der Waals surface area contributed by atoms with Gasteiger partial charge in [-0.05, 0) is 24.9 Å². The zero-order chi connectivity index (χ0) is 12.8. The smallest absolute Gasteiger partial charge is 0.305 e. The highest BCUT2D eigenvalue weighted by molar-refractivity contribution is 7.07. The normalized spacial score (nSPS) is 10.2. The summed E-state index contributed by atoms with van der Waals surface area (Å²) in [5.74, 6) is -1.09. The van der Waals surface area contributed by atoms with Crippen molar-refractivity contribution >= 4 is 23.4 Å². The van der Waals surface area contributed by atoms with E-state index in [9.17, 15) is 9.59 Å². The average Bonchev–Trinajstić information content (AvgIpc) is 2.77. The SMILES string of the molecule is CCc1nnsc1C(=O)N(CC)CCC(=O)O. The molecule has 1 N–H and O–H groups in total. The molecule has 1 amide bonds. The molecule has 1 aromatic rings. The summed E-state index contributed by atoms with van der Waals surface area (Å²) in [5, 5.41) is 12.5. The Labute approximate surface area is 103 Å². The van der Waals surface area contributed by atoms with Crippen LogP contribution >= 0.6 is 11.5 Å². The molecule has 17 heavy (non-hydrogen) atoms. The number of rotatable bonds is 6. The van der Waals surface area contributed by atoms with Gasteiger partial charge in [0.15, 0.2) is 0 Å². The van der Waals surface area contributed by atoms with Gasteiger partial charge in [-0.25, -0.2) is 0 Å². The van der Waals surface area contributed by atoms with Crippen molar-refractivity contribution in [3.8, 4) is 0 Å². The van der Waals surface area contributed by atoms with Gasteiger partial charge in [0.25, 0.3) is 5.91 Å². The molecule has 0 radical (unpaired) electrons. The Bertz CT molecular complexity index is 405. The molecule has 0 unspecified atom stereocenters. The predicted octanol–water partition coefficient (Wildman–Crippen LogP) is 1.04. The summed E-state index contributed by atoms with van der Waals surface area (Å²) < 4.78 is 3.75. The third-order valence-corrected chi connectivity index (χ3v) is 3.11. The van der Waals surface area contributed by atoms with Gasteiger partial charge in [0, 0.05) is 13.1 Å². The summed E-state index contributed by atoms with van der Waals surface area (Å²) in [6, 6.07) is 0. The number of aliphatic carboxylic acids is 1. The Balaban J connectivity index is 2.75. The zero-order valence-corrected chi connectivity index (χ0v) is 10.7. The van der Waals surface area contributed by atoms with Gasteiger partial charge in [0.05, 0.1) is 12.1 Å². The highest BCUT2D eigenvalue weighted by Crippen LogP contribution is 2.14. The summed E-state index contributed by atoms with van der Waals surface area (Å²) in [6.07, 6.45) is 0.599. The lowest BCUT2D eigenvalue weighted by atomic mass is 10.2. The number of hydrogen-bond acceptors (Lipinski definition) is 5. The van der Waals surface area contributed by atoms with Crippen LogP contribution in [0.1, 0.15) is 35.6 Å². The topological polar surface area (TPSA) is 83.4 Å². The molecular weight excluding hydrogens is 242 g/mol. The fourth-order valence-electron chi connectivity index (χ4n) is 1.38. The predicted molar refractivity (Wildman–Crippen MR) is 63.1 cm³/mol. The van der Waals surface area contributed by atoms with Crippen molar-refractivity contribution in [1.82, 2.24) is 14.5 Å². The van der Waals surface area contributed by atoms with Gasteiger partial charge in [0.2, 0.25) is 0 Å². The average molecular weight is 257 g/mol. The quantitative estimate of drug-likeness (QED) is 0.823. The van der Waals surface area contributed by atoms with Crippen LogP contribution in [-0.4, -0.2) is 44.6 Å². The molecule has 0 spiro atoms. The number of carboxylic acid groups (broad SMARTS) is 1. The number of hydrogen-bond donors (Lipinski definition) is 1. The van der Waals surface area contributed by atoms with Crippen LogP contribution in [0, 0.1) is 0 Å². The van der Waals surface area contributed by atoms with Crippen molar-refractivity contribution < 1.29 is 14.7 Å². The van der Waals surface area contributed by atoms with E-state index in [1.165, 1.54) is 4.90 Å². The maximum atomic E-state index is 12.1. The molecule has 6 nitrogen and oxygen atoms in total. The van der Waals surface area contributed by atoms with E-state index in [4.69, 9.17) is 5.11 Å². The number of aromatic nitrogens is 2. The highest BCUT2D eigenvalue weighted by Gasteiger charge is 2.20. The Hall–Kier alpha value is -1.50. The van der Waals surface area contributed by atoms with Gasteiger partial charge < -0.3 is 10.0 Å². The molecule has 1 heterocycles. The summed E-state index contributed by atoms with van der Waals surface area (Å²) in [7, 11) is 0. The third kappa shape index (κ3) is 3.48. The maximum absolute atomic E-state index is 12.1. The van der Waals surface area contributed by atoms with E-state index in [0.29, 0.717) is 23.5 Å². The van der Waals surface area contributed by atoms with Gasteiger partial charge in [-0.3, -0.25) is 9.59 Å². The zero-order valence-electron chi connectivity index (χ0n) is 9.84. The summed E-state index contributed by atoms with van der Waals surface area (Å²) in [5.41, 5.74) is 0.675. The van der Waals surface area contributed by atoms with Crippen LogP contribution in [0.3, 0.4) is 0 Å². The number of aryl methyl sites for hydroxylation is 1. The van der Waals surface area contributed by atoms with E-state index in [2.05, 4.69) is 9.59 Å². The minimum Gasteiger partial charge on any atom is -0.481 e. The second-order valence-corrected chi connectivity index (χ2v) is 4.18. The Morgan fingerprint density at radius 3 is 2.65 bits per heavy atom. The molecule has 0 aromatic carbocycles. The summed E-state index contributed by atoms with van der Waals surface area (Å²) >= 11 is 1.06. The molecule has 0 saturated heterocycles. The van der Waals surface area contributed by atoms with Crippen molar-refractivity contribution in [2.24, 2.45) is 0 Å². The largest absolute Gasteiger partial charge is 0.481 e. The van der Waals surface area contributed by atoms with E-state index in [1.54, 1.807) is 0 Å². The van der Waals surface area contributed by atoms with Crippen LogP contribution in [0.5, 0.6) is 0 Å². The molecule has 0 bridgehead atoms. The molecule has 0 aliphatic rings. The van der Waals surface area contributed by atoms with E-state index in [1.807, 2.05) is 13.8 Å². The standard InChI is InChI=1S/C10H15N3O3S/c1-3-7-9(17-12-11-7)10(16)13(4-2)6-5-8(14)15/h3-6H2,1-2H3,(H,14,15). The van der Waals surface area contributed by atoms with E-state index >= 15 is 0 Å². The number of amides is 1. The van der Waals surface area contributed by atoms with Gasteiger partial charge in [-0.2, -0.15) is 0 Å². The number of nitrogens with zero attached hydrogens (tertiary/aromatic N) is 3. The van der Waals surface area contributed by atoms with Crippen LogP contribution in [-0.2, 0) is 11.2 Å². The van der Waals surface area contributed by atoms with Crippen LogP contribution in [0.2, 0.25) is 0 Å². The van der Waals surface area contributed by atoms with Gasteiger partial charge in [-0.1, -0.05) is 11.4 Å². The van der Waals surface area contributed by atoms with Crippen molar-refractivity contribution in [1.29, 1.82) is 0 Å². The lowest BCUT2D eigenvalue weighted by Gasteiger charge is -2.19. The maximum Gasteiger partial charge on any atom is 0.305 e. The molecular formula is C10H15N3O3S. The first kappa shape index (κ1) is 13.6. The van der Waals surface area contributed by atoms with E-state index < -0.39 is 5.97 Å². The van der Waals surface area contributed by atoms with E-state index in [0.717, 1.165) is 11.5 Å². The van der Waals surface area contributed by atoms with Gasteiger partial charge in [-0.15, -0.1) is 5.10 Å². The van der Waals surface area contributed by atoms with Gasteiger partial charge in [0.1, 0.15) is 4.88 Å². The Morgan fingerprint density at radius 2 is 2.12 bits per heavy atom. The van der Waals surface area contributed by atoms with Crippen LogP contribution in [0.25, 0.3) is 0 Å². The van der Waals surface area contributed by atoms with Crippen LogP contribution in [0.4, 0.5) is 0 Å². The monoisotopic (exact) mass is 257 g/mol. The van der Waals surface area contributed by atoms with Crippen LogP contribution in [0.15, 0.2) is 0 Å². The molecule has 0 aliphatic heterocycles. The molecule has 0 atom stereocenters. The van der Waals surface area contributed by atoms with Crippen molar-refractivity contribution in [2.45, 2.75) is 26.7 Å². The lowest BCUT2D eigenvalue weighted by Crippen LogP contribution is -2.32. The lowest BCUT2D eigenvalue weighted by molar-refractivity contribution is -0.137. The molecule has 94 valence electrons. The van der Waals surface area contributed by atoms with Gasteiger partial charge >= 0.3 is 5.97 Å². The second-order valence-electron chi connectivity index (χ2n) is 3.43.